The summed E-state index contributed by atoms with van der Waals surface area (Å²) in [6.07, 6.45) is 0.932. The lowest BCUT2D eigenvalue weighted by Crippen LogP contribution is -2.36. The molecule has 108 valence electrons. The number of carbonyl (C=O) groups is 2. The number of carboxylic acids is 1. The van der Waals surface area contributed by atoms with Gasteiger partial charge in [0.25, 0.3) is 0 Å². The summed E-state index contributed by atoms with van der Waals surface area (Å²) in [5.41, 5.74) is -0.167. The van der Waals surface area contributed by atoms with Crippen LogP contribution in [-0.4, -0.2) is 46.6 Å². The van der Waals surface area contributed by atoms with E-state index in [2.05, 4.69) is 5.32 Å². The number of hydrogen-bond donors (Lipinski definition) is 2. The second-order valence-corrected chi connectivity index (χ2v) is 5.61. The number of benzene rings is 1. The van der Waals surface area contributed by atoms with Gasteiger partial charge in [-0.3, -0.25) is 0 Å². The predicted octanol–water partition coefficient (Wildman–Crippen LogP) is 2.49. The van der Waals surface area contributed by atoms with Gasteiger partial charge in [0.1, 0.15) is 5.82 Å². The van der Waals surface area contributed by atoms with Crippen molar-refractivity contribution in [1.82, 2.24) is 4.90 Å². The van der Waals surface area contributed by atoms with Gasteiger partial charge in [-0.1, -0.05) is 0 Å². The van der Waals surface area contributed by atoms with E-state index in [9.17, 15) is 14.0 Å². The molecule has 5 nitrogen and oxygen atoms in total. The fourth-order valence-corrected chi connectivity index (χ4v) is 2.81. The number of rotatable bonds is 2. The van der Waals surface area contributed by atoms with Gasteiger partial charge in [0.05, 0.1) is 5.56 Å². The van der Waals surface area contributed by atoms with Gasteiger partial charge in [-0.25, -0.2) is 14.0 Å². The van der Waals surface area contributed by atoms with E-state index in [1.165, 1.54) is 6.07 Å². The minimum atomic E-state index is -1.36. The average molecular weight is 298 g/mol. The summed E-state index contributed by atoms with van der Waals surface area (Å²) in [5.74, 6) is -0.257. The quantitative estimate of drug-likeness (QED) is 0.880. The molecule has 0 aromatic heterocycles. The number of carboxylic acid groups (broad SMARTS) is 1. The molecule has 0 aliphatic carbocycles. The standard InChI is InChI=1S/C13H15FN2O3S/c14-11-3-2-9(8-10(11)12(17)18)15-13(19)16-4-1-6-20-7-5-16/h2-3,8H,1,4-7H2,(H,15,19)(H,17,18). The Morgan fingerprint density at radius 1 is 1.30 bits per heavy atom. The Kier molecular flexibility index (Phi) is 4.84. The SMILES string of the molecule is O=C(O)c1cc(NC(=O)N2CCCSCC2)ccc1F. The van der Waals surface area contributed by atoms with Crippen LogP contribution in [0.5, 0.6) is 0 Å². The maximum Gasteiger partial charge on any atom is 0.338 e. The molecule has 1 aliphatic rings. The van der Waals surface area contributed by atoms with Crippen LogP contribution in [0.2, 0.25) is 0 Å². The van der Waals surface area contributed by atoms with Gasteiger partial charge in [-0.15, -0.1) is 0 Å². The first-order chi connectivity index (χ1) is 9.58. The Labute approximate surface area is 120 Å². The van der Waals surface area contributed by atoms with Gasteiger partial charge in [-0.2, -0.15) is 11.8 Å². The molecule has 1 aromatic rings. The number of hydrogen-bond acceptors (Lipinski definition) is 3. The van der Waals surface area contributed by atoms with Crippen molar-refractivity contribution in [2.45, 2.75) is 6.42 Å². The smallest absolute Gasteiger partial charge is 0.338 e. The molecule has 0 bridgehead atoms. The van der Waals surface area contributed by atoms with E-state index in [0.29, 0.717) is 13.1 Å². The monoisotopic (exact) mass is 298 g/mol. The van der Waals surface area contributed by atoms with Crippen LogP contribution in [0, 0.1) is 5.82 Å². The summed E-state index contributed by atoms with van der Waals surface area (Å²) in [6.45, 7) is 1.33. The highest BCUT2D eigenvalue weighted by atomic mass is 32.2. The van der Waals surface area contributed by atoms with Crippen LogP contribution in [0.1, 0.15) is 16.8 Å². The zero-order chi connectivity index (χ0) is 14.5. The topological polar surface area (TPSA) is 69.6 Å². The Bertz CT molecular complexity index is 516. The number of aromatic carboxylic acids is 1. The number of carbonyl (C=O) groups excluding carboxylic acids is 1. The van der Waals surface area contributed by atoms with Crippen molar-refractivity contribution in [3.05, 3.63) is 29.6 Å². The molecule has 1 aromatic carbocycles. The molecule has 2 amide bonds. The van der Waals surface area contributed by atoms with Gasteiger partial charge in [0, 0.05) is 24.5 Å². The molecule has 1 heterocycles. The number of nitrogens with one attached hydrogen (secondary N) is 1. The average Bonchev–Trinajstić information content (AvgIpc) is 2.69. The second-order valence-electron chi connectivity index (χ2n) is 4.38. The van der Waals surface area contributed by atoms with Crippen LogP contribution in [0.4, 0.5) is 14.9 Å². The van der Waals surface area contributed by atoms with E-state index < -0.39 is 17.3 Å². The van der Waals surface area contributed by atoms with E-state index in [1.54, 1.807) is 16.7 Å². The molecule has 2 N–H and O–H groups in total. The van der Waals surface area contributed by atoms with E-state index in [0.717, 1.165) is 30.1 Å². The molecule has 0 saturated carbocycles. The summed E-state index contributed by atoms with van der Waals surface area (Å²) in [5, 5.41) is 11.5. The summed E-state index contributed by atoms with van der Waals surface area (Å²) in [6, 6.07) is 3.24. The zero-order valence-electron chi connectivity index (χ0n) is 10.8. The Hall–Kier alpha value is -1.76. The fourth-order valence-electron chi connectivity index (χ4n) is 1.92. The highest BCUT2D eigenvalue weighted by Gasteiger charge is 2.17. The van der Waals surface area contributed by atoms with Gasteiger partial charge in [0.15, 0.2) is 0 Å². The first-order valence-corrected chi connectivity index (χ1v) is 7.40. The zero-order valence-corrected chi connectivity index (χ0v) is 11.6. The molecule has 2 rings (SSSR count). The van der Waals surface area contributed by atoms with Crippen LogP contribution >= 0.6 is 11.8 Å². The molecule has 1 fully saturated rings. The van der Waals surface area contributed by atoms with Crippen LogP contribution in [-0.2, 0) is 0 Å². The number of amides is 2. The van der Waals surface area contributed by atoms with Gasteiger partial charge >= 0.3 is 12.0 Å². The molecule has 1 aliphatic heterocycles. The van der Waals surface area contributed by atoms with Gasteiger partial charge < -0.3 is 15.3 Å². The third-order valence-electron chi connectivity index (χ3n) is 2.96. The maximum absolute atomic E-state index is 13.3. The molecule has 20 heavy (non-hydrogen) atoms. The molecule has 0 spiro atoms. The first-order valence-electron chi connectivity index (χ1n) is 6.24. The number of thioether (sulfide) groups is 1. The number of nitrogens with zero attached hydrogens (tertiary/aromatic N) is 1. The Morgan fingerprint density at radius 3 is 2.85 bits per heavy atom. The normalized spacial score (nSPS) is 15.6. The number of anilines is 1. The minimum Gasteiger partial charge on any atom is -0.478 e. The van der Waals surface area contributed by atoms with E-state index in [4.69, 9.17) is 5.11 Å². The summed E-state index contributed by atoms with van der Waals surface area (Å²) in [4.78, 5) is 24.6. The number of halogens is 1. The van der Waals surface area contributed by atoms with Gasteiger partial charge in [-0.05, 0) is 30.4 Å². The highest BCUT2D eigenvalue weighted by molar-refractivity contribution is 7.99. The predicted molar refractivity (Wildman–Crippen MR) is 75.9 cm³/mol. The molecule has 0 radical (unpaired) electrons. The molecule has 0 unspecified atom stereocenters. The summed E-state index contributed by atoms with van der Waals surface area (Å²) in [7, 11) is 0. The van der Waals surface area contributed by atoms with E-state index >= 15 is 0 Å². The van der Waals surface area contributed by atoms with Crippen LogP contribution in [0.15, 0.2) is 18.2 Å². The lowest BCUT2D eigenvalue weighted by atomic mass is 10.2. The van der Waals surface area contributed by atoms with Crippen molar-refractivity contribution in [2.24, 2.45) is 0 Å². The highest BCUT2D eigenvalue weighted by Crippen LogP contribution is 2.16. The summed E-state index contributed by atoms with van der Waals surface area (Å²) < 4.78 is 13.3. The second kappa shape index (κ2) is 6.60. The third-order valence-corrected chi connectivity index (χ3v) is 4.01. The van der Waals surface area contributed by atoms with E-state index in [1.807, 2.05) is 0 Å². The fraction of sp³-hybridized carbons (Fsp3) is 0.385. The third kappa shape index (κ3) is 3.63. The number of urea groups is 1. The van der Waals surface area contributed by atoms with Crippen LogP contribution in [0.25, 0.3) is 0 Å². The molecular weight excluding hydrogens is 283 g/mol. The van der Waals surface area contributed by atoms with Crippen molar-refractivity contribution in [2.75, 3.05) is 29.9 Å². The van der Waals surface area contributed by atoms with Crippen molar-refractivity contribution in [3.63, 3.8) is 0 Å². The van der Waals surface area contributed by atoms with Crippen LogP contribution < -0.4 is 5.32 Å². The van der Waals surface area contributed by atoms with E-state index in [-0.39, 0.29) is 11.7 Å². The van der Waals surface area contributed by atoms with Crippen molar-refractivity contribution >= 4 is 29.4 Å². The molecule has 1 saturated heterocycles. The molecule has 0 atom stereocenters. The molecule has 7 heteroatoms. The first kappa shape index (κ1) is 14.6. The lowest BCUT2D eigenvalue weighted by Gasteiger charge is -2.20. The van der Waals surface area contributed by atoms with Gasteiger partial charge in [0.2, 0.25) is 0 Å². The minimum absolute atomic E-state index is 0.282. The Morgan fingerprint density at radius 2 is 2.10 bits per heavy atom. The largest absolute Gasteiger partial charge is 0.478 e. The maximum atomic E-state index is 13.3. The van der Waals surface area contributed by atoms with Crippen LogP contribution in [0.3, 0.4) is 0 Å². The lowest BCUT2D eigenvalue weighted by molar-refractivity contribution is 0.0692. The van der Waals surface area contributed by atoms with Crippen molar-refractivity contribution < 1.29 is 19.1 Å². The summed E-state index contributed by atoms with van der Waals surface area (Å²) >= 11 is 1.80. The van der Waals surface area contributed by atoms with Crippen molar-refractivity contribution in [1.29, 1.82) is 0 Å². The molecular formula is C13H15FN2O3S. The Balaban J connectivity index is 2.07. The van der Waals surface area contributed by atoms with Crippen molar-refractivity contribution in [3.8, 4) is 0 Å².